The average molecular weight is 300 g/mol. The van der Waals surface area contributed by atoms with Crippen LogP contribution in [0.2, 0.25) is 0 Å². The zero-order valence-corrected chi connectivity index (χ0v) is 12.3. The summed E-state index contributed by atoms with van der Waals surface area (Å²) in [4.78, 5) is 8.41. The molecule has 0 bridgehead atoms. The standard InChI is InChI=1S/C16H17FN4O/c1-3-9-19-16(18-2)20-10-8-14-11-22-15(21-14)12-4-6-13(17)7-5-12/h1,4-7,11H,8-10H2,2H3,(H2,18,19,20). The van der Waals surface area contributed by atoms with E-state index in [2.05, 4.69) is 26.5 Å². The Kier molecular flexibility index (Phi) is 5.55. The second kappa shape index (κ2) is 7.84. The van der Waals surface area contributed by atoms with E-state index >= 15 is 0 Å². The number of oxazole rings is 1. The lowest BCUT2D eigenvalue weighted by molar-refractivity contribution is 0.571. The van der Waals surface area contributed by atoms with E-state index in [0.29, 0.717) is 31.4 Å². The van der Waals surface area contributed by atoms with E-state index in [1.165, 1.54) is 12.1 Å². The zero-order valence-electron chi connectivity index (χ0n) is 12.3. The van der Waals surface area contributed by atoms with Gasteiger partial charge in [0.05, 0.1) is 12.2 Å². The maximum Gasteiger partial charge on any atom is 0.226 e. The average Bonchev–Trinajstić information content (AvgIpc) is 3.00. The maximum atomic E-state index is 12.9. The summed E-state index contributed by atoms with van der Waals surface area (Å²) < 4.78 is 18.3. The molecule has 0 saturated heterocycles. The van der Waals surface area contributed by atoms with Crippen LogP contribution in [0.3, 0.4) is 0 Å². The van der Waals surface area contributed by atoms with Gasteiger partial charge in [-0.3, -0.25) is 4.99 Å². The number of rotatable bonds is 5. The minimum Gasteiger partial charge on any atom is -0.444 e. The van der Waals surface area contributed by atoms with E-state index in [0.717, 1.165) is 11.3 Å². The van der Waals surface area contributed by atoms with Crippen LogP contribution in [0.1, 0.15) is 5.69 Å². The molecule has 1 heterocycles. The van der Waals surface area contributed by atoms with Crippen LogP contribution in [-0.4, -0.2) is 31.1 Å². The Bertz CT molecular complexity index is 670. The van der Waals surface area contributed by atoms with Crippen molar-refractivity contribution in [2.24, 2.45) is 4.99 Å². The van der Waals surface area contributed by atoms with Gasteiger partial charge in [0.1, 0.15) is 12.1 Å². The highest BCUT2D eigenvalue weighted by Gasteiger charge is 2.07. The highest BCUT2D eigenvalue weighted by atomic mass is 19.1. The maximum absolute atomic E-state index is 12.9. The fourth-order valence-corrected chi connectivity index (χ4v) is 1.81. The summed E-state index contributed by atoms with van der Waals surface area (Å²) in [5, 5.41) is 6.09. The molecule has 1 aromatic heterocycles. The van der Waals surface area contributed by atoms with Crippen LogP contribution in [0, 0.1) is 18.2 Å². The van der Waals surface area contributed by atoms with Gasteiger partial charge in [0.15, 0.2) is 5.96 Å². The third-order valence-corrected chi connectivity index (χ3v) is 2.90. The largest absolute Gasteiger partial charge is 0.444 e. The molecule has 5 nitrogen and oxygen atoms in total. The first-order valence-electron chi connectivity index (χ1n) is 6.81. The van der Waals surface area contributed by atoms with E-state index in [1.54, 1.807) is 25.4 Å². The predicted octanol–water partition coefficient (Wildman–Crippen LogP) is 1.82. The molecule has 0 aliphatic rings. The van der Waals surface area contributed by atoms with Crippen LogP contribution < -0.4 is 10.6 Å². The smallest absolute Gasteiger partial charge is 0.226 e. The fraction of sp³-hybridized carbons (Fsp3) is 0.250. The molecule has 6 heteroatoms. The lowest BCUT2D eigenvalue weighted by Crippen LogP contribution is -2.38. The molecule has 0 radical (unpaired) electrons. The molecule has 2 aromatic rings. The van der Waals surface area contributed by atoms with Gasteiger partial charge in [0.25, 0.3) is 0 Å². The van der Waals surface area contributed by atoms with Crippen molar-refractivity contribution in [2.75, 3.05) is 20.1 Å². The lowest BCUT2D eigenvalue weighted by atomic mass is 10.2. The molecule has 0 unspecified atom stereocenters. The molecule has 0 atom stereocenters. The molecule has 0 fully saturated rings. The first-order valence-corrected chi connectivity index (χ1v) is 6.81. The Morgan fingerprint density at radius 2 is 2.14 bits per heavy atom. The summed E-state index contributed by atoms with van der Waals surface area (Å²) in [5.41, 5.74) is 1.55. The van der Waals surface area contributed by atoms with Gasteiger partial charge < -0.3 is 15.1 Å². The molecule has 0 aliphatic heterocycles. The van der Waals surface area contributed by atoms with Crippen LogP contribution in [0.25, 0.3) is 11.5 Å². The topological polar surface area (TPSA) is 62.5 Å². The normalized spacial score (nSPS) is 11.0. The van der Waals surface area contributed by atoms with E-state index in [1.807, 2.05) is 0 Å². The minimum absolute atomic E-state index is 0.286. The molecule has 114 valence electrons. The van der Waals surface area contributed by atoms with Crippen LogP contribution >= 0.6 is 0 Å². The van der Waals surface area contributed by atoms with Crippen molar-refractivity contribution < 1.29 is 8.81 Å². The van der Waals surface area contributed by atoms with Gasteiger partial charge in [0, 0.05) is 25.6 Å². The SMILES string of the molecule is C#CCNC(=NC)NCCc1coc(-c2ccc(F)cc2)n1. The lowest BCUT2D eigenvalue weighted by Gasteiger charge is -2.08. The van der Waals surface area contributed by atoms with Crippen molar-refractivity contribution >= 4 is 5.96 Å². The highest BCUT2D eigenvalue weighted by Crippen LogP contribution is 2.18. The van der Waals surface area contributed by atoms with Gasteiger partial charge in [-0.1, -0.05) is 5.92 Å². The van der Waals surface area contributed by atoms with Crippen molar-refractivity contribution in [2.45, 2.75) is 6.42 Å². The van der Waals surface area contributed by atoms with Crippen molar-refractivity contribution in [3.8, 4) is 23.8 Å². The van der Waals surface area contributed by atoms with Crippen molar-refractivity contribution in [3.05, 3.63) is 42.0 Å². The molecule has 1 aromatic carbocycles. The highest BCUT2D eigenvalue weighted by molar-refractivity contribution is 5.79. The monoisotopic (exact) mass is 300 g/mol. The number of aliphatic imine (C=N–C) groups is 1. The van der Waals surface area contributed by atoms with E-state index < -0.39 is 0 Å². The van der Waals surface area contributed by atoms with Crippen LogP contribution in [0.4, 0.5) is 4.39 Å². The fourth-order valence-electron chi connectivity index (χ4n) is 1.81. The van der Waals surface area contributed by atoms with Crippen LogP contribution in [0.5, 0.6) is 0 Å². The van der Waals surface area contributed by atoms with Gasteiger partial charge in [-0.15, -0.1) is 6.42 Å². The van der Waals surface area contributed by atoms with E-state index in [9.17, 15) is 4.39 Å². The summed E-state index contributed by atoms with van der Waals surface area (Å²) in [7, 11) is 1.68. The van der Waals surface area contributed by atoms with Crippen molar-refractivity contribution in [1.82, 2.24) is 15.6 Å². The third kappa shape index (κ3) is 4.35. The number of benzene rings is 1. The molecular formula is C16H17FN4O. The molecular weight excluding hydrogens is 283 g/mol. The number of nitrogens with zero attached hydrogens (tertiary/aromatic N) is 2. The first kappa shape index (κ1) is 15.6. The van der Waals surface area contributed by atoms with Gasteiger partial charge >= 0.3 is 0 Å². The Morgan fingerprint density at radius 3 is 2.82 bits per heavy atom. The number of terminal acetylenes is 1. The molecule has 0 saturated carbocycles. The Balaban J connectivity index is 1.87. The van der Waals surface area contributed by atoms with Crippen LogP contribution in [0.15, 0.2) is 39.9 Å². The second-order valence-electron chi connectivity index (χ2n) is 4.46. The minimum atomic E-state index is -0.286. The summed E-state index contributed by atoms with van der Waals surface area (Å²) in [6.45, 7) is 1.05. The first-order chi connectivity index (χ1) is 10.7. The summed E-state index contributed by atoms with van der Waals surface area (Å²) in [5.74, 6) is 3.31. The number of hydrogen-bond acceptors (Lipinski definition) is 3. The number of halogens is 1. The quantitative estimate of drug-likeness (QED) is 0.502. The molecule has 2 rings (SSSR count). The summed E-state index contributed by atoms with van der Waals surface area (Å²) >= 11 is 0. The third-order valence-electron chi connectivity index (χ3n) is 2.90. The van der Waals surface area contributed by atoms with E-state index in [-0.39, 0.29) is 5.82 Å². The number of aromatic nitrogens is 1. The van der Waals surface area contributed by atoms with Crippen molar-refractivity contribution in [3.63, 3.8) is 0 Å². The number of hydrogen-bond donors (Lipinski definition) is 2. The zero-order chi connectivity index (χ0) is 15.8. The van der Waals surface area contributed by atoms with Crippen LogP contribution in [-0.2, 0) is 6.42 Å². The second-order valence-corrected chi connectivity index (χ2v) is 4.46. The Morgan fingerprint density at radius 1 is 1.36 bits per heavy atom. The molecule has 0 spiro atoms. The summed E-state index contributed by atoms with van der Waals surface area (Å²) in [6, 6.07) is 6.02. The molecule has 2 N–H and O–H groups in total. The van der Waals surface area contributed by atoms with Crippen molar-refractivity contribution in [1.29, 1.82) is 0 Å². The number of guanidine groups is 1. The Labute approximate surface area is 128 Å². The molecule has 0 aliphatic carbocycles. The Hall–Kier alpha value is -2.81. The van der Waals surface area contributed by atoms with Gasteiger partial charge in [0.2, 0.25) is 5.89 Å². The molecule has 0 amide bonds. The summed E-state index contributed by atoms with van der Waals surface area (Å²) in [6.07, 6.45) is 7.44. The predicted molar refractivity (Wildman–Crippen MR) is 83.8 cm³/mol. The molecule has 22 heavy (non-hydrogen) atoms. The van der Waals surface area contributed by atoms with Gasteiger partial charge in [-0.25, -0.2) is 9.37 Å². The van der Waals surface area contributed by atoms with E-state index in [4.69, 9.17) is 10.8 Å². The van der Waals surface area contributed by atoms with Gasteiger partial charge in [-0.05, 0) is 24.3 Å². The van der Waals surface area contributed by atoms with Gasteiger partial charge in [-0.2, -0.15) is 0 Å². The number of nitrogens with one attached hydrogen (secondary N) is 2.